The summed E-state index contributed by atoms with van der Waals surface area (Å²) in [5.41, 5.74) is 1.37. The van der Waals surface area contributed by atoms with Crippen LogP contribution in [-0.4, -0.2) is 50.5 Å². The van der Waals surface area contributed by atoms with Crippen molar-refractivity contribution in [3.63, 3.8) is 0 Å². The Balaban J connectivity index is 1.45. The molecule has 1 N–H and O–H groups in total. The van der Waals surface area contributed by atoms with Gasteiger partial charge in [-0.05, 0) is 24.5 Å². The second-order valence-corrected chi connectivity index (χ2v) is 7.43. The summed E-state index contributed by atoms with van der Waals surface area (Å²) in [7, 11) is 1.78. The molecule has 1 aromatic heterocycles. The van der Waals surface area contributed by atoms with Crippen molar-refractivity contribution in [1.29, 1.82) is 0 Å². The van der Waals surface area contributed by atoms with Crippen molar-refractivity contribution in [2.45, 2.75) is 43.5 Å². The Morgan fingerprint density at radius 1 is 1.23 bits per heavy atom. The minimum atomic E-state index is -0.367. The number of benzene rings is 1. The van der Waals surface area contributed by atoms with Crippen LogP contribution in [-0.2, 0) is 11.8 Å². The number of ether oxygens (including phenoxy) is 1. The van der Waals surface area contributed by atoms with Crippen LogP contribution in [0.15, 0.2) is 42.6 Å². The van der Waals surface area contributed by atoms with E-state index in [1.165, 1.54) is 0 Å². The van der Waals surface area contributed by atoms with Gasteiger partial charge < -0.3 is 14.7 Å². The summed E-state index contributed by atoms with van der Waals surface area (Å²) < 4.78 is 8.11. The molecule has 1 spiro atoms. The Labute approximate surface area is 153 Å². The molecule has 2 fully saturated rings. The van der Waals surface area contributed by atoms with Crippen molar-refractivity contribution in [1.82, 2.24) is 14.7 Å². The number of aromatic nitrogens is 2. The summed E-state index contributed by atoms with van der Waals surface area (Å²) in [6.45, 7) is 1.27. The number of hydrogen-bond donors (Lipinski definition) is 1. The van der Waals surface area contributed by atoms with Gasteiger partial charge in [0, 0.05) is 39.2 Å². The lowest BCUT2D eigenvalue weighted by molar-refractivity contribution is -0.181. The fraction of sp³-hybridized carbons (Fsp3) is 0.500. The zero-order valence-corrected chi connectivity index (χ0v) is 15.0. The molecule has 26 heavy (non-hydrogen) atoms. The molecule has 4 rings (SSSR count). The zero-order valence-electron chi connectivity index (χ0n) is 15.0. The van der Waals surface area contributed by atoms with E-state index >= 15 is 0 Å². The first kappa shape index (κ1) is 17.2. The summed E-state index contributed by atoms with van der Waals surface area (Å²) in [6.07, 6.45) is 3.96. The highest BCUT2D eigenvalue weighted by atomic mass is 16.5. The van der Waals surface area contributed by atoms with Crippen LogP contribution in [0.5, 0.6) is 0 Å². The molecular formula is C20H25N3O3. The van der Waals surface area contributed by atoms with Crippen LogP contribution in [0.25, 0.3) is 0 Å². The number of carbonyl (C=O) groups excluding carboxylic acids is 1. The minimum Gasteiger partial charge on any atom is -0.393 e. The average molecular weight is 355 g/mol. The Morgan fingerprint density at radius 3 is 2.62 bits per heavy atom. The lowest BCUT2D eigenvalue weighted by Crippen LogP contribution is -2.52. The minimum absolute atomic E-state index is 0.0100. The lowest BCUT2D eigenvalue weighted by Gasteiger charge is -2.48. The number of hydrogen-bond acceptors (Lipinski definition) is 4. The van der Waals surface area contributed by atoms with Gasteiger partial charge in [0.15, 0.2) is 0 Å². The van der Waals surface area contributed by atoms with Crippen molar-refractivity contribution in [2.24, 2.45) is 7.05 Å². The summed E-state index contributed by atoms with van der Waals surface area (Å²) in [6, 6.07) is 11.8. The second-order valence-electron chi connectivity index (χ2n) is 7.43. The van der Waals surface area contributed by atoms with Crippen LogP contribution in [0, 0.1) is 0 Å². The fourth-order valence-corrected chi connectivity index (χ4v) is 4.21. The third-order valence-electron chi connectivity index (χ3n) is 5.66. The molecule has 0 bridgehead atoms. The number of amides is 1. The molecule has 2 aliphatic heterocycles. The maximum Gasteiger partial charge on any atom is 0.272 e. The molecule has 2 aromatic rings. The highest BCUT2D eigenvalue weighted by Gasteiger charge is 2.44. The van der Waals surface area contributed by atoms with Crippen molar-refractivity contribution < 1.29 is 14.6 Å². The van der Waals surface area contributed by atoms with Crippen molar-refractivity contribution in [3.8, 4) is 0 Å². The van der Waals surface area contributed by atoms with Gasteiger partial charge in [-0.3, -0.25) is 9.48 Å². The highest BCUT2D eigenvalue weighted by molar-refractivity contribution is 5.92. The SMILES string of the molecule is Cn1nccc1C(=O)N1CCC2(CC1)C[C@H](O)C[C@H](c1ccccc1)O2. The van der Waals surface area contributed by atoms with Crippen LogP contribution in [0.4, 0.5) is 0 Å². The predicted octanol–water partition coefficient (Wildman–Crippen LogP) is 2.31. The van der Waals surface area contributed by atoms with E-state index in [0.29, 0.717) is 31.6 Å². The molecule has 6 nitrogen and oxygen atoms in total. The van der Waals surface area contributed by atoms with Crippen LogP contribution in [0.1, 0.15) is 47.8 Å². The topological polar surface area (TPSA) is 67.6 Å². The molecule has 0 unspecified atom stereocenters. The van der Waals surface area contributed by atoms with Gasteiger partial charge in [-0.1, -0.05) is 30.3 Å². The van der Waals surface area contributed by atoms with Crippen molar-refractivity contribution in [3.05, 3.63) is 53.9 Å². The fourth-order valence-electron chi connectivity index (χ4n) is 4.21. The van der Waals surface area contributed by atoms with E-state index < -0.39 is 0 Å². The summed E-state index contributed by atoms with van der Waals surface area (Å²) >= 11 is 0. The van der Waals surface area contributed by atoms with Gasteiger partial charge in [-0.15, -0.1) is 0 Å². The Kier molecular flexibility index (Phi) is 4.54. The first-order valence-electron chi connectivity index (χ1n) is 9.24. The Morgan fingerprint density at radius 2 is 1.96 bits per heavy atom. The molecule has 0 radical (unpaired) electrons. The van der Waals surface area contributed by atoms with E-state index in [-0.39, 0.29) is 23.7 Å². The normalized spacial score (nSPS) is 25.4. The van der Waals surface area contributed by atoms with Crippen LogP contribution in [0.2, 0.25) is 0 Å². The third-order valence-corrected chi connectivity index (χ3v) is 5.66. The molecule has 2 atom stereocenters. The number of likely N-dealkylation sites (tertiary alicyclic amines) is 1. The standard InChI is InChI=1S/C20H25N3O3/c1-22-17(7-10-21-22)19(25)23-11-8-20(9-12-23)14-16(24)13-18(26-20)15-5-3-2-4-6-15/h2-7,10,16,18,24H,8-9,11-14H2,1H3/t16-,18-/m1/s1. The molecule has 2 saturated heterocycles. The van der Waals surface area contributed by atoms with Crippen LogP contribution >= 0.6 is 0 Å². The van der Waals surface area contributed by atoms with Crippen molar-refractivity contribution >= 4 is 5.91 Å². The number of nitrogens with zero attached hydrogens (tertiary/aromatic N) is 3. The molecular weight excluding hydrogens is 330 g/mol. The van der Waals surface area contributed by atoms with E-state index in [2.05, 4.69) is 17.2 Å². The van der Waals surface area contributed by atoms with Gasteiger partial charge in [-0.25, -0.2) is 0 Å². The summed E-state index contributed by atoms with van der Waals surface area (Å²) in [5.74, 6) is 0.0100. The van der Waals surface area contributed by atoms with Gasteiger partial charge in [0.25, 0.3) is 5.91 Å². The highest BCUT2D eigenvalue weighted by Crippen LogP contribution is 2.43. The quantitative estimate of drug-likeness (QED) is 0.898. The van der Waals surface area contributed by atoms with E-state index in [9.17, 15) is 9.90 Å². The molecule has 6 heteroatoms. The molecule has 1 aromatic carbocycles. The molecule has 138 valence electrons. The number of aliphatic hydroxyl groups excluding tert-OH is 1. The second kappa shape index (κ2) is 6.85. The average Bonchev–Trinajstić information content (AvgIpc) is 3.08. The smallest absolute Gasteiger partial charge is 0.272 e. The van der Waals surface area contributed by atoms with Gasteiger partial charge in [0.1, 0.15) is 5.69 Å². The summed E-state index contributed by atoms with van der Waals surface area (Å²) in [5, 5.41) is 14.5. The molecule has 0 aliphatic carbocycles. The molecule has 1 amide bonds. The number of piperidine rings is 1. The number of aryl methyl sites for hydroxylation is 1. The molecule has 0 saturated carbocycles. The van der Waals surface area contributed by atoms with Gasteiger partial charge >= 0.3 is 0 Å². The lowest BCUT2D eigenvalue weighted by atomic mass is 9.81. The van der Waals surface area contributed by atoms with E-state index in [1.54, 1.807) is 24.0 Å². The Hall–Kier alpha value is -2.18. The van der Waals surface area contributed by atoms with E-state index in [4.69, 9.17) is 4.74 Å². The largest absolute Gasteiger partial charge is 0.393 e. The number of rotatable bonds is 2. The van der Waals surface area contributed by atoms with Crippen molar-refractivity contribution in [2.75, 3.05) is 13.1 Å². The molecule has 2 aliphatic rings. The predicted molar refractivity (Wildman–Crippen MR) is 96.6 cm³/mol. The maximum absolute atomic E-state index is 12.7. The van der Waals surface area contributed by atoms with E-state index in [1.807, 2.05) is 23.1 Å². The van der Waals surface area contributed by atoms with Gasteiger partial charge in [-0.2, -0.15) is 5.10 Å². The van der Waals surface area contributed by atoms with Gasteiger partial charge in [0.2, 0.25) is 0 Å². The summed E-state index contributed by atoms with van der Waals surface area (Å²) in [4.78, 5) is 14.5. The Bertz CT molecular complexity index is 766. The van der Waals surface area contributed by atoms with Crippen LogP contribution in [0.3, 0.4) is 0 Å². The van der Waals surface area contributed by atoms with Crippen LogP contribution < -0.4 is 0 Å². The third kappa shape index (κ3) is 3.27. The number of aliphatic hydroxyl groups is 1. The van der Waals surface area contributed by atoms with E-state index in [0.717, 1.165) is 18.4 Å². The number of carbonyl (C=O) groups is 1. The first-order valence-corrected chi connectivity index (χ1v) is 9.24. The zero-order chi connectivity index (χ0) is 18.1. The maximum atomic E-state index is 12.7. The van der Waals surface area contributed by atoms with Gasteiger partial charge in [0.05, 0.1) is 17.8 Å². The first-order chi connectivity index (χ1) is 12.6. The monoisotopic (exact) mass is 355 g/mol. The molecule has 3 heterocycles.